The van der Waals surface area contributed by atoms with E-state index in [9.17, 15) is 14.4 Å². The monoisotopic (exact) mass is 391 g/mol. The third-order valence-corrected chi connectivity index (χ3v) is 6.04. The second kappa shape index (κ2) is 7.89. The van der Waals surface area contributed by atoms with Crippen LogP contribution >= 0.6 is 11.6 Å². The van der Waals surface area contributed by atoms with Gasteiger partial charge in [-0.15, -0.1) is 0 Å². The van der Waals surface area contributed by atoms with Gasteiger partial charge in [0.15, 0.2) is 0 Å². The molecular formula is C20H26ClN3O3. The Balaban J connectivity index is 1.60. The van der Waals surface area contributed by atoms with Crippen molar-refractivity contribution in [1.29, 1.82) is 0 Å². The summed E-state index contributed by atoms with van der Waals surface area (Å²) in [6.07, 6.45) is 4.46. The van der Waals surface area contributed by atoms with Crippen molar-refractivity contribution in [3.63, 3.8) is 0 Å². The SMILES string of the molecule is CC(c1cccc(Cl)c1)N(C)C(=O)CCN1C(=O)NC2(CCCCC2)C1=O. The summed E-state index contributed by atoms with van der Waals surface area (Å²) in [5.74, 6) is -0.293. The largest absolute Gasteiger partial charge is 0.339 e. The number of urea groups is 1. The third kappa shape index (κ3) is 3.95. The quantitative estimate of drug-likeness (QED) is 0.781. The molecule has 3 rings (SSSR count). The molecule has 7 heteroatoms. The van der Waals surface area contributed by atoms with Crippen molar-refractivity contribution >= 4 is 29.4 Å². The molecule has 1 unspecified atom stereocenters. The topological polar surface area (TPSA) is 69.7 Å². The van der Waals surface area contributed by atoms with Crippen molar-refractivity contribution in [2.45, 2.75) is 57.0 Å². The molecule has 1 aliphatic carbocycles. The summed E-state index contributed by atoms with van der Waals surface area (Å²) in [4.78, 5) is 40.5. The van der Waals surface area contributed by atoms with E-state index in [2.05, 4.69) is 5.32 Å². The van der Waals surface area contributed by atoms with Crippen molar-refractivity contribution < 1.29 is 14.4 Å². The van der Waals surface area contributed by atoms with Crippen molar-refractivity contribution in [3.05, 3.63) is 34.9 Å². The van der Waals surface area contributed by atoms with Gasteiger partial charge in [-0.05, 0) is 37.5 Å². The van der Waals surface area contributed by atoms with Crippen LogP contribution < -0.4 is 5.32 Å². The highest BCUT2D eigenvalue weighted by Gasteiger charge is 2.51. The molecule has 4 amide bonds. The Morgan fingerprint density at radius 2 is 2.00 bits per heavy atom. The molecule has 1 aliphatic heterocycles. The second-order valence-corrected chi connectivity index (χ2v) is 7.95. The van der Waals surface area contributed by atoms with Crippen LogP contribution in [0.4, 0.5) is 4.79 Å². The molecule has 27 heavy (non-hydrogen) atoms. The number of imide groups is 1. The molecule has 1 aromatic rings. The Morgan fingerprint density at radius 1 is 1.30 bits per heavy atom. The van der Waals surface area contributed by atoms with Gasteiger partial charge in [-0.25, -0.2) is 4.79 Å². The van der Waals surface area contributed by atoms with Gasteiger partial charge in [0.2, 0.25) is 5.91 Å². The fourth-order valence-corrected chi connectivity index (χ4v) is 4.16. The van der Waals surface area contributed by atoms with E-state index in [0.717, 1.165) is 24.8 Å². The summed E-state index contributed by atoms with van der Waals surface area (Å²) in [5.41, 5.74) is 0.202. The lowest BCUT2D eigenvalue weighted by atomic mass is 9.82. The van der Waals surface area contributed by atoms with E-state index in [-0.39, 0.29) is 36.9 Å². The predicted octanol–water partition coefficient (Wildman–Crippen LogP) is 3.50. The van der Waals surface area contributed by atoms with Crippen molar-refractivity contribution in [1.82, 2.24) is 15.1 Å². The number of amides is 4. The molecule has 2 fully saturated rings. The maximum absolute atomic E-state index is 12.8. The zero-order chi connectivity index (χ0) is 19.6. The number of hydrogen-bond acceptors (Lipinski definition) is 3. The lowest BCUT2D eigenvalue weighted by Gasteiger charge is -2.30. The highest BCUT2D eigenvalue weighted by molar-refractivity contribution is 6.30. The number of nitrogens with one attached hydrogen (secondary N) is 1. The van der Waals surface area contributed by atoms with Crippen LogP contribution in [-0.4, -0.2) is 46.8 Å². The average Bonchev–Trinajstić information content (AvgIpc) is 2.88. The molecule has 6 nitrogen and oxygen atoms in total. The lowest BCUT2D eigenvalue weighted by Crippen LogP contribution is -2.48. The molecule has 1 heterocycles. The fourth-order valence-electron chi connectivity index (χ4n) is 3.96. The minimum Gasteiger partial charge on any atom is -0.339 e. The Hall–Kier alpha value is -2.08. The number of rotatable bonds is 5. The second-order valence-electron chi connectivity index (χ2n) is 7.52. The first-order chi connectivity index (χ1) is 12.8. The van der Waals surface area contributed by atoms with Gasteiger partial charge in [-0.1, -0.05) is 43.0 Å². The number of carbonyl (C=O) groups is 3. The van der Waals surface area contributed by atoms with Crippen LogP contribution in [0.1, 0.15) is 57.1 Å². The summed E-state index contributed by atoms with van der Waals surface area (Å²) in [6.45, 7) is 2.03. The number of nitrogens with zero attached hydrogens (tertiary/aromatic N) is 2. The molecule has 1 N–H and O–H groups in total. The van der Waals surface area contributed by atoms with Crippen molar-refractivity contribution in [3.8, 4) is 0 Å². The summed E-state index contributed by atoms with van der Waals surface area (Å²) in [6, 6.07) is 6.87. The first-order valence-corrected chi connectivity index (χ1v) is 9.87. The molecule has 1 spiro atoms. The molecule has 1 saturated heterocycles. The predicted molar refractivity (Wildman–Crippen MR) is 103 cm³/mol. The van der Waals surface area contributed by atoms with E-state index < -0.39 is 5.54 Å². The van der Waals surface area contributed by atoms with Crippen molar-refractivity contribution in [2.24, 2.45) is 0 Å². The Labute approximate surface area is 164 Å². The Bertz CT molecular complexity index is 746. The zero-order valence-corrected chi connectivity index (χ0v) is 16.6. The van der Waals surface area contributed by atoms with Gasteiger partial charge in [0.25, 0.3) is 5.91 Å². The van der Waals surface area contributed by atoms with Gasteiger partial charge in [-0.3, -0.25) is 14.5 Å². The molecule has 1 saturated carbocycles. The molecule has 0 radical (unpaired) electrons. The molecule has 0 aromatic heterocycles. The lowest BCUT2D eigenvalue weighted by molar-refractivity contribution is -0.134. The summed E-state index contributed by atoms with van der Waals surface area (Å²) < 4.78 is 0. The van der Waals surface area contributed by atoms with Gasteiger partial charge in [-0.2, -0.15) is 0 Å². The van der Waals surface area contributed by atoms with Gasteiger partial charge >= 0.3 is 6.03 Å². The van der Waals surface area contributed by atoms with E-state index in [1.165, 1.54) is 4.90 Å². The standard InChI is InChI=1S/C20H26ClN3O3/c1-14(15-7-6-8-16(21)13-15)23(2)17(25)9-12-24-18(26)20(22-19(24)27)10-4-3-5-11-20/h6-8,13-14H,3-5,9-12H2,1-2H3,(H,22,27). The van der Waals surface area contributed by atoms with Crippen LogP contribution in [0.25, 0.3) is 0 Å². The van der Waals surface area contributed by atoms with Gasteiger partial charge in [0.05, 0.1) is 6.04 Å². The van der Waals surface area contributed by atoms with E-state index in [0.29, 0.717) is 17.9 Å². The maximum atomic E-state index is 12.8. The molecule has 146 valence electrons. The Kier molecular flexibility index (Phi) is 5.75. The van der Waals surface area contributed by atoms with E-state index in [1.54, 1.807) is 18.0 Å². The molecular weight excluding hydrogens is 366 g/mol. The van der Waals surface area contributed by atoms with E-state index in [4.69, 9.17) is 11.6 Å². The van der Waals surface area contributed by atoms with Gasteiger partial charge in [0, 0.05) is 25.0 Å². The highest BCUT2D eigenvalue weighted by atomic mass is 35.5. The molecule has 1 aromatic carbocycles. The Morgan fingerprint density at radius 3 is 2.67 bits per heavy atom. The summed E-state index contributed by atoms with van der Waals surface area (Å²) in [5, 5.41) is 3.50. The highest BCUT2D eigenvalue weighted by Crippen LogP contribution is 2.33. The summed E-state index contributed by atoms with van der Waals surface area (Å²) >= 11 is 6.03. The molecule has 1 atom stereocenters. The van der Waals surface area contributed by atoms with E-state index >= 15 is 0 Å². The fraction of sp³-hybridized carbons (Fsp3) is 0.550. The molecule has 2 aliphatic rings. The zero-order valence-electron chi connectivity index (χ0n) is 15.8. The van der Waals surface area contributed by atoms with Crippen molar-refractivity contribution in [2.75, 3.05) is 13.6 Å². The smallest absolute Gasteiger partial charge is 0.325 e. The first kappa shape index (κ1) is 19.7. The van der Waals surface area contributed by atoms with Gasteiger partial charge in [0.1, 0.15) is 5.54 Å². The maximum Gasteiger partial charge on any atom is 0.325 e. The normalized spacial score (nSPS) is 19.9. The number of hydrogen-bond donors (Lipinski definition) is 1. The third-order valence-electron chi connectivity index (χ3n) is 5.81. The average molecular weight is 392 g/mol. The van der Waals surface area contributed by atoms with Crippen LogP contribution in [0.15, 0.2) is 24.3 Å². The minimum absolute atomic E-state index is 0.108. The number of carbonyl (C=O) groups excluding carboxylic acids is 3. The number of halogens is 1. The molecule has 0 bridgehead atoms. The van der Waals surface area contributed by atoms with Crippen LogP contribution in [0, 0.1) is 0 Å². The minimum atomic E-state index is -0.738. The van der Waals surface area contributed by atoms with E-state index in [1.807, 2.05) is 25.1 Å². The van der Waals surface area contributed by atoms with Crippen LogP contribution in [0.3, 0.4) is 0 Å². The van der Waals surface area contributed by atoms with Crippen LogP contribution in [0.5, 0.6) is 0 Å². The van der Waals surface area contributed by atoms with Gasteiger partial charge < -0.3 is 10.2 Å². The van der Waals surface area contributed by atoms with Crippen LogP contribution in [-0.2, 0) is 9.59 Å². The first-order valence-electron chi connectivity index (χ1n) is 9.49. The van der Waals surface area contributed by atoms with Crippen LogP contribution in [0.2, 0.25) is 5.02 Å². The summed E-state index contributed by atoms with van der Waals surface area (Å²) in [7, 11) is 1.72. The number of benzene rings is 1.